The molecule has 0 spiro atoms. The van der Waals surface area contributed by atoms with Crippen molar-refractivity contribution >= 4 is 11.6 Å². The lowest BCUT2D eigenvalue weighted by atomic mass is 9.80. The Morgan fingerprint density at radius 3 is 2.08 bits per heavy atom. The zero-order valence-electron chi connectivity index (χ0n) is 11.9. The van der Waals surface area contributed by atoms with Crippen molar-refractivity contribution in [1.29, 1.82) is 10.5 Å². The predicted octanol–water partition coefficient (Wildman–Crippen LogP) is 5.79. The maximum Gasteiger partial charge on any atom is 0.416 e. The van der Waals surface area contributed by atoms with Gasteiger partial charge < -0.3 is 0 Å². The van der Waals surface area contributed by atoms with E-state index in [2.05, 4.69) is 0 Å². The first-order valence-corrected chi connectivity index (χ1v) is 6.80. The molecule has 0 saturated carbocycles. The van der Waals surface area contributed by atoms with Crippen LogP contribution in [0.1, 0.15) is 24.0 Å². The van der Waals surface area contributed by atoms with E-state index in [1.54, 1.807) is 12.1 Å². The Bertz CT molecular complexity index is 709. The summed E-state index contributed by atoms with van der Waals surface area (Å²) < 4.78 is 74.8. The summed E-state index contributed by atoms with van der Waals surface area (Å²) in [5, 5.41) is 18.0. The topological polar surface area (TPSA) is 47.6 Å². The Morgan fingerprint density at radius 1 is 1.08 bits per heavy atom. The van der Waals surface area contributed by atoms with Gasteiger partial charge in [-0.05, 0) is 24.1 Å². The molecule has 1 aromatic carbocycles. The normalized spacial score (nSPS) is 11.5. The van der Waals surface area contributed by atoms with Crippen molar-refractivity contribution < 1.29 is 26.3 Å². The number of hydrogen-bond donors (Lipinski definition) is 0. The second-order valence-corrected chi connectivity index (χ2v) is 5.36. The van der Waals surface area contributed by atoms with Gasteiger partial charge in [-0.3, -0.25) is 0 Å². The standard InChI is InChI=1S/C15H9ClF6N2/c16-11-5-10(15(20,21)22)2-1-9(11)6-14(7-23,8-24)4-3-12(17)13(18)19/h1-2,5H,3-4,6H2. The predicted molar refractivity (Wildman–Crippen MR) is 73.4 cm³/mol. The molecule has 0 radical (unpaired) electrons. The number of nitriles is 2. The molecule has 0 heterocycles. The number of hydrogen-bond acceptors (Lipinski definition) is 2. The molecule has 0 aromatic heterocycles. The molecule has 0 unspecified atom stereocenters. The average molecular weight is 367 g/mol. The number of nitrogens with zero attached hydrogens (tertiary/aromatic N) is 2. The molecule has 128 valence electrons. The fraction of sp³-hybridized carbons (Fsp3) is 0.333. The molecule has 0 atom stereocenters. The lowest BCUT2D eigenvalue weighted by molar-refractivity contribution is -0.137. The monoisotopic (exact) mass is 366 g/mol. The largest absolute Gasteiger partial charge is 0.416 e. The highest BCUT2D eigenvalue weighted by Crippen LogP contribution is 2.36. The van der Waals surface area contributed by atoms with Crippen molar-refractivity contribution in [2.45, 2.75) is 25.4 Å². The van der Waals surface area contributed by atoms with Crippen LogP contribution < -0.4 is 0 Å². The van der Waals surface area contributed by atoms with Gasteiger partial charge >= 0.3 is 12.3 Å². The van der Waals surface area contributed by atoms with E-state index < -0.39 is 48.3 Å². The summed E-state index contributed by atoms with van der Waals surface area (Å²) in [6.45, 7) is 0. The average Bonchev–Trinajstić information content (AvgIpc) is 2.51. The number of halogens is 7. The van der Waals surface area contributed by atoms with Gasteiger partial charge in [-0.25, -0.2) is 4.39 Å². The van der Waals surface area contributed by atoms with Crippen LogP contribution in [0.3, 0.4) is 0 Å². The van der Waals surface area contributed by atoms with E-state index in [0.29, 0.717) is 6.07 Å². The summed E-state index contributed by atoms with van der Waals surface area (Å²) in [5.41, 5.74) is -2.85. The first kappa shape index (κ1) is 19.9. The van der Waals surface area contributed by atoms with Gasteiger partial charge in [0.25, 0.3) is 0 Å². The molecule has 0 amide bonds. The summed E-state index contributed by atoms with van der Waals surface area (Å²) in [4.78, 5) is 0. The minimum atomic E-state index is -4.61. The van der Waals surface area contributed by atoms with E-state index in [0.717, 1.165) is 12.1 Å². The maximum atomic E-state index is 12.9. The summed E-state index contributed by atoms with van der Waals surface area (Å²) in [6.07, 6.45) is -8.98. The SMILES string of the molecule is N#CC(C#N)(CCC(F)=C(F)F)Cc1ccc(C(F)(F)F)cc1Cl. The zero-order chi connectivity index (χ0) is 18.5. The van der Waals surface area contributed by atoms with E-state index >= 15 is 0 Å². The van der Waals surface area contributed by atoms with Crippen LogP contribution in [0.15, 0.2) is 30.1 Å². The zero-order valence-corrected chi connectivity index (χ0v) is 12.6. The van der Waals surface area contributed by atoms with Gasteiger partial charge in [0.05, 0.1) is 17.7 Å². The molecule has 9 heteroatoms. The second kappa shape index (κ2) is 7.59. The van der Waals surface area contributed by atoms with Crippen LogP contribution in [0.2, 0.25) is 5.02 Å². The highest BCUT2D eigenvalue weighted by molar-refractivity contribution is 6.31. The van der Waals surface area contributed by atoms with Crippen molar-refractivity contribution in [3.05, 3.63) is 46.3 Å². The van der Waals surface area contributed by atoms with Crippen LogP contribution in [0.25, 0.3) is 0 Å². The van der Waals surface area contributed by atoms with Gasteiger partial charge in [-0.1, -0.05) is 17.7 Å². The van der Waals surface area contributed by atoms with Crippen molar-refractivity contribution in [2.24, 2.45) is 5.41 Å². The van der Waals surface area contributed by atoms with E-state index in [1.807, 2.05) is 0 Å². The lowest BCUT2D eigenvalue weighted by Crippen LogP contribution is -2.20. The molecule has 0 bridgehead atoms. The summed E-state index contributed by atoms with van der Waals surface area (Å²) in [5.74, 6) is -1.75. The van der Waals surface area contributed by atoms with E-state index in [9.17, 15) is 26.3 Å². The van der Waals surface area contributed by atoms with E-state index in [1.165, 1.54) is 0 Å². The number of rotatable bonds is 5. The molecule has 1 aromatic rings. The van der Waals surface area contributed by atoms with E-state index in [4.69, 9.17) is 22.1 Å². The first-order chi connectivity index (χ1) is 11.0. The third-order valence-electron chi connectivity index (χ3n) is 3.28. The lowest BCUT2D eigenvalue weighted by Gasteiger charge is -2.19. The minimum Gasteiger partial charge on any atom is -0.206 e. The summed E-state index contributed by atoms with van der Waals surface area (Å²) >= 11 is 5.75. The molecule has 0 aliphatic heterocycles. The molecule has 0 N–H and O–H groups in total. The highest BCUT2D eigenvalue weighted by atomic mass is 35.5. The fourth-order valence-electron chi connectivity index (χ4n) is 1.91. The van der Waals surface area contributed by atoms with Gasteiger partial charge in [0.2, 0.25) is 0 Å². The highest BCUT2D eigenvalue weighted by Gasteiger charge is 2.34. The first-order valence-electron chi connectivity index (χ1n) is 6.42. The summed E-state index contributed by atoms with van der Waals surface area (Å²) in [6, 6.07) is 5.57. The van der Waals surface area contributed by atoms with Gasteiger partial charge in [-0.2, -0.15) is 32.5 Å². The molecular formula is C15H9ClF6N2. The van der Waals surface area contributed by atoms with Crippen LogP contribution in [-0.2, 0) is 12.6 Å². The molecule has 0 aliphatic carbocycles. The molecule has 24 heavy (non-hydrogen) atoms. The van der Waals surface area contributed by atoms with E-state index in [-0.39, 0.29) is 10.6 Å². The molecule has 0 saturated heterocycles. The fourth-order valence-corrected chi connectivity index (χ4v) is 2.16. The van der Waals surface area contributed by atoms with Crippen LogP contribution in [-0.4, -0.2) is 0 Å². The van der Waals surface area contributed by atoms with Crippen molar-refractivity contribution in [3.8, 4) is 12.1 Å². The van der Waals surface area contributed by atoms with Gasteiger partial charge in [0, 0.05) is 17.9 Å². The van der Waals surface area contributed by atoms with Crippen molar-refractivity contribution in [2.75, 3.05) is 0 Å². The molecule has 0 fully saturated rings. The Morgan fingerprint density at radius 2 is 1.67 bits per heavy atom. The van der Waals surface area contributed by atoms with Crippen LogP contribution in [0, 0.1) is 28.1 Å². The Balaban J connectivity index is 3.08. The Hall–Kier alpha value is -2.19. The number of alkyl halides is 3. The molecular weight excluding hydrogens is 358 g/mol. The quantitative estimate of drug-likeness (QED) is 0.619. The van der Waals surface area contributed by atoms with Crippen LogP contribution in [0.5, 0.6) is 0 Å². The summed E-state index contributed by atoms with van der Waals surface area (Å²) in [7, 11) is 0. The van der Waals surface area contributed by atoms with Gasteiger partial charge in [0.15, 0.2) is 5.83 Å². The van der Waals surface area contributed by atoms with Gasteiger partial charge in [0.1, 0.15) is 5.41 Å². The van der Waals surface area contributed by atoms with Crippen molar-refractivity contribution in [3.63, 3.8) is 0 Å². The number of allylic oxidation sites excluding steroid dienone is 1. The van der Waals surface area contributed by atoms with Crippen LogP contribution in [0.4, 0.5) is 26.3 Å². The Labute approximate surface area is 138 Å². The molecule has 2 nitrogen and oxygen atoms in total. The van der Waals surface area contributed by atoms with Crippen LogP contribution >= 0.6 is 11.6 Å². The second-order valence-electron chi connectivity index (χ2n) is 4.95. The van der Waals surface area contributed by atoms with Gasteiger partial charge in [-0.15, -0.1) is 0 Å². The van der Waals surface area contributed by atoms with Crippen molar-refractivity contribution in [1.82, 2.24) is 0 Å². The molecule has 1 rings (SSSR count). The molecule has 0 aliphatic rings. The minimum absolute atomic E-state index is 0.0536. The number of benzene rings is 1. The third-order valence-corrected chi connectivity index (χ3v) is 3.63. The smallest absolute Gasteiger partial charge is 0.206 e. The Kier molecular flexibility index (Phi) is 6.28. The maximum absolute atomic E-state index is 12.9. The third kappa shape index (κ3) is 4.90.